The summed E-state index contributed by atoms with van der Waals surface area (Å²) in [5.74, 6) is -0.434. The molecule has 1 aromatic carbocycles. The number of hydrogen-bond acceptors (Lipinski definition) is 2. The molecule has 0 aliphatic heterocycles. The predicted molar refractivity (Wildman–Crippen MR) is 68.6 cm³/mol. The first-order chi connectivity index (χ1) is 8.47. The highest BCUT2D eigenvalue weighted by molar-refractivity contribution is 5.26. The number of pyridine rings is 1. The van der Waals surface area contributed by atoms with Crippen LogP contribution in [0.15, 0.2) is 42.7 Å². The topological polar surface area (TPSA) is 33.1 Å². The Labute approximate surface area is 106 Å². The highest BCUT2D eigenvalue weighted by atomic mass is 19.1. The van der Waals surface area contributed by atoms with Crippen LogP contribution in [0, 0.1) is 12.7 Å². The first-order valence-corrected chi connectivity index (χ1v) is 5.86. The molecule has 0 spiro atoms. The second-order valence-electron chi connectivity index (χ2n) is 4.83. The van der Waals surface area contributed by atoms with Crippen LogP contribution in [0.1, 0.15) is 23.6 Å². The summed E-state index contributed by atoms with van der Waals surface area (Å²) in [6.45, 7) is 3.68. The van der Waals surface area contributed by atoms with Crippen LogP contribution in [0.2, 0.25) is 0 Å². The lowest BCUT2D eigenvalue weighted by Crippen LogP contribution is -2.24. The van der Waals surface area contributed by atoms with Crippen molar-refractivity contribution in [1.29, 1.82) is 0 Å². The summed E-state index contributed by atoms with van der Waals surface area (Å²) in [7, 11) is 0. The van der Waals surface area contributed by atoms with Gasteiger partial charge < -0.3 is 5.11 Å². The molecular formula is C15H16FNO. The molecule has 0 saturated carbocycles. The number of nitrogens with zero attached hydrogens (tertiary/aromatic N) is 1. The molecule has 2 aromatic rings. The average Bonchev–Trinajstić information content (AvgIpc) is 2.32. The minimum absolute atomic E-state index is 0.429. The van der Waals surface area contributed by atoms with E-state index >= 15 is 0 Å². The molecule has 0 radical (unpaired) electrons. The third-order valence-electron chi connectivity index (χ3n) is 3.00. The van der Waals surface area contributed by atoms with Crippen LogP contribution in [0.25, 0.3) is 0 Å². The second kappa shape index (κ2) is 4.86. The molecule has 0 bridgehead atoms. The maximum absolute atomic E-state index is 13.1. The van der Waals surface area contributed by atoms with Crippen molar-refractivity contribution in [3.8, 4) is 0 Å². The van der Waals surface area contributed by atoms with Gasteiger partial charge in [0.2, 0.25) is 0 Å². The van der Waals surface area contributed by atoms with E-state index in [0.717, 1.165) is 11.8 Å². The fourth-order valence-electron chi connectivity index (χ4n) is 1.91. The smallest absolute Gasteiger partial charge is 0.141 e. The summed E-state index contributed by atoms with van der Waals surface area (Å²) in [6.07, 6.45) is 3.06. The molecule has 0 aliphatic rings. The lowest BCUT2D eigenvalue weighted by molar-refractivity contribution is 0.0569. The van der Waals surface area contributed by atoms with Crippen molar-refractivity contribution in [2.75, 3.05) is 0 Å². The quantitative estimate of drug-likeness (QED) is 0.901. The van der Waals surface area contributed by atoms with Gasteiger partial charge >= 0.3 is 0 Å². The summed E-state index contributed by atoms with van der Waals surface area (Å²) < 4.78 is 13.1. The molecule has 1 N–H and O–H groups in total. The molecule has 2 nitrogen and oxygen atoms in total. The molecule has 0 aliphatic carbocycles. The van der Waals surface area contributed by atoms with Gasteiger partial charge in [0.15, 0.2) is 0 Å². The zero-order valence-electron chi connectivity index (χ0n) is 10.5. The molecular weight excluding hydrogens is 229 g/mol. The van der Waals surface area contributed by atoms with Gasteiger partial charge in [-0.15, -0.1) is 0 Å². The van der Waals surface area contributed by atoms with Crippen LogP contribution in [-0.4, -0.2) is 10.1 Å². The summed E-state index contributed by atoms with van der Waals surface area (Å²) in [4.78, 5) is 3.77. The molecule has 1 heterocycles. The zero-order valence-corrected chi connectivity index (χ0v) is 10.5. The Balaban J connectivity index is 2.23. The maximum atomic E-state index is 13.1. The van der Waals surface area contributed by atoms with Gasteiger partial charge in [0.25, 0.3) is 0 Å². The van der Waals surface area contributed by atoms with Gasteiger partial charge in [-0.1, -0.05) is 29.8 Å². The summed E-state index contributed by atoms with van der Waals surface area (Å²) in [5, 5.41) is 10.4. The van der Waals surface area contributed by atoms with E-state index in [-0.39, 0.29) is 0 Å². The Bertz CT molecular complexity index is 534. The average molecular weight is 245 g/mol. The van der Waals surface area contributed by atoms with Crippen LogP contribution < -0.4 is 0 Å². The van der Waals surface area contributed by atoms with Gasteiger partial charge in [-0.3, -0.25) is 4.98 Å². The van der Waals surface area contributed by atoms with Crippen LogP contribution in [0.3, 0.4) is 0 Å². The van der Waals surface area contributed by atoms with E-state index < -0.39 is 11.4 Å². The predicted octanol–water partition coefficient (Wildman–Crippen LogP) is 2.98. The molecule has 2 rings (SSSR count). The minimum atomic E-state index is -1.12. The SMILES string of the molecule is Cc1ccc(CC(C)(O)c2cncc(F)c2)cc1. The van der Waals surface area contributed by atoms with Gasteiger partial charge in [0.05, 0.1) is 11.8 Å². The fraction of sp³-hybridized carbons (Fsp3) is 0.267. The molecule has 1 aromatic heterocycles. The largest absolute Gasteiger partial charge is 0.385 e. The molecule has 1 unspecified atom stereocenters. The van der Waals surface area contributed by atoms with Crippen LogP contribution >= 0.6 is 0 Å². The number of hydrogen-bond donors (Lipinski definition) is 1. The minimum Gasteiger partial charge on any atom is -0.385 e. The first kappa shape index (κ1) is 12.7. The molecule has 18 heavy (non-hydrogen) atoms. The summed E-state index contributed by atoms with van der Waals surface area (Å²) in [5.41, 5.74) is 1.55. The molecule has 0 saturated heterocycles. The van der Waals surface area contributed by atoms with E-state index in [9.17, 15) is 9.50 Å². The number of benzene rings is 1. The van der Waals surface area contributed by atoms with Crippen molar-refractivity contribution >= 4 is 0 Å². The second-order valence-corrected chi connectivity index (χ2v) is 4.83. The van der Waals surface area contributed by atoms with Gasteiger partial charge in [-0.2, -0.15) is 0 Å². The van der Waals surface area contributed by atoms with E-state index in [1.165, 1.54) is 17.8 Å². The Morgan fingerprint density at radius 2 is 1.89 bits per heavy atom. The first-order valence-electron chi connectivity index (χ1n) is 5.86. The Morgan fingerprint density at radius 3 is 2.50 bits per heavy atom. The van der Waals surface area contributed by atoms with E-state index in [1.54, 1.807) is 6.92 Å². The molecule has 0 amide bonds. The highest BCUT2D eigenvalue weighted by Gasteiger charge is 2.24. The van der Waals surface area contributed by atoms with E-state index in [1.807, 2.05) is 31.2 Å². The van der Waals surface area contributed by atoms with Crippen molar-refractivity contribution in [1.82, 2.24) is 4.98 Å². The molecule has 94 valence electrons. The van der Waals surface area contributed by atoms with Crippen molar-refractivity contribution in [2.45, 2.75) is 25.9 Å². The molecule has 3 heteroatoms. The monoisotopic (exact) mass is 245 g/mol. The van der Waals surface area contributed by atoms with Crippen LogP contribution in [0.4, 0.5) is 4.39 Å². The third-order valence-corrected chi connectivity index (χ3v) is 3.00. The van der Waals surface area contributed by atoms with Crippen LogP contribution in [-0.2, 0) is 12.0 Å². The van der Waals surface area contributed by atoms with Gasteiger partial charge in [0.1, 0.15) is 5.82 Å². The van der Waals surface area contributed by atoms with Gasteiger partial charge in [-0.05, 0) is 25.5 Å². The van der Waals surface area contributed by atoms with E-state index in [0.29, 0.717) is 12.0 Å². The lowest BCUT2D eigenvalue weighted by atomic mass is 9.90. The van der Waals surface area contributed by atoms with Gasteiger partial charge in [0, 0.05) is 18.2 Å². The van der Waals surface area contributed by atoms with E-state index in [4.69, 9.17) is 0 Å². The third kappa shape index (κ3) is 2.93. The van der Waals surface area contributed by atoms with Crippen molar-refractivity contribution in [3.05, 3.63) is 65.2 Å². The van der Waals surface area contributed by atoms with Crippen molar-refractivity contribution < 1.29 is 9.50 Å². The van der Waals surface area contributed by atoms with Crippen molar-refractivity contribution in [3.63, 3.8) is 0 Å². The number of halogens is 1. The summed E-state index contributed by atoms with van der Waals surface area (Å²) >= 11 is 0. The molecule has 1 atom stereocenters. The van der Waals surface area contributed by atoms with Gasteiger partial charge in [-0.25, -0.2) is 4.39 Å². The fourth-order valence-corrected chi connectivity index (χ4v) is 1.91. The zero-order chi connectivity index (χ0) is 13.2. The number of aryl methyl sites for hydroxylation is 1. The van der Waals surface area contributed by atoms with E-state index in [2.05, 4.69) is 4.98 Å². The number of aromatic nitrogens is 1. The lowest BCUT2D eigenvalue weighted by Gasteiger charge is -2.23. The highest BCUT2D eigenvalue weighted by Crippen LogP contribution is 2.25. The number of aliphatic hydroxyl groups is 1. The van der Waals surface area contributed by atoms with Crippen molar-refractivity contribution in [2.24, 2.45) is 0 Å². The molecule has 0 fully saturated rings. The Kier molecular flexibility index (Phi) is 3.43. The maximum Gasteiger partial charge on any atom is 0.141 e. The summed E-state index contributed by atoms with van der Waals surface area (Å²) in [6, 6.07) is 9.25. The number of rotatable bonds is 3. The normalized spacial score (nSPS) is 14.2. The standard InChI is InChI=1S/C15H16FNO/c1-11-3-5-12(6-4-11)8-15(2,18)13-7-14(16)10-17-9-13/h3-7,9-10,18H,8H2,1-2H3. The Morgan fingerprint density at radius 1 is 1.22 bits per heavy atom. The van der Waals surface area contributed by atoms with Crippen LogP contribution in [0.5, 0.6) is 0 Å². The Hall–Kier alpha value is -1.74.